The van der Waals surface area contributed by atoms with Gasteiger partial charge in [-0.1, -0.05) is 11.6 Å². The van der Waals surface area contributed by atoms with Gasteiger partial charge in [0, 0.05) is 18.7 Å². The molecule has 0 unspecified atom stereocenters. The lowest BCUT2D eigenvalue weighted by atomic mass is 9.92. The van der Waals surface area contributed by atoms with E-state index >= 15 is 0 Å². The summed E-state index contributed by atoms with van der Waals surface area (Å²) >= 11 is 6.06. The van der Waals surface area contributed by atoms with Gasteiger partial charge in [0.1, 0.15) is 16.4 Å². The van der Waals surface area contributed by atoms with Crippen molar-refractivity contribution < 1.29 is 27.8 Å². The van der Waals surface area contributed by atoms with Crippen molar-refractivity contribution in [1.82, 2.24) is 4.31 Å². The number of hydrogen-bond acceptors (Lipinski definition) is 5. The highest BCUT2D eigenvalue weighted by atomic mass is 35.5. The van der Waals surface area contributed by atoms with Gasteiger partial charge in [-0.3, -0.25) is 4.79 Å². The molecule has 7 nitrogen and oxygen atoms in total. The molecule has 0 aliphatic carbocycles. The van der Waals surface area contributed by atoms with E-state index in [1.54, 1.807) is 6.92 Å². The Labute approximate surface area is 146 Å². The number of ether oxygens (including phenoxy) is 2. The molecule has 0 radical (unpaired) electrons. The van der Waals surface area contributed by atoms with Crippen molar-refractivity contribution in [3.05, 3.63) is 17.2 Å². The first-order valence-electron chi connectivity index (χ1n) is 7.40. The molecule has 1 aliphatic rings. The minimum Gasteiger partial charge on any atom is -0.495 e. The number of nitrogens with zero attached hydrogens (tertiary/aromatic N) is 1. The fraction of sp³-hybridized carbons (Fsp3) is 0.533. The van der Waals surface area contributed by atoms with Gasteiger partial charge < -0.3 is 14.6 Å². The van der Waals surface area contributed by atoms with Gasteiger partial charge >= 0.3 is 5.97 Å². The fourth-order valence-corrected chi connectivity index (χ4v) is 5.12. The van der Waals surface area contributed by atoms with Crippen LogP contribution in [-0.2, 0) is 14.8 Å². The van der Waals surface area contributed by atoms with E-state index in [0.29, 0.717) is 18.6 Å². The van der Waals surface area contributed by atoms with Crippen LogP contribution in [0.15, 0.2) is 17.0 Å². The number of carboxylic acid groups (broad SMARTS) is 1. The minimum atomic E-state index is -3.96. The summed E-state index contributed by atoms with van der Waals surface area (Å²) < 4.78 is 37.5. The number of rotatable bonds is 5. The van der Waals surface area contributed by atoms with Crippen molar-refractivity contribution in [3.63, 3.8) is 0 Å². The first-order valence-corrected chi connectivity index (χ1v) is 9.22. The maximum Gasteiger partial charge on any atom is 0.308 e. The Morgan fingerprint density at radius 3 is 2.46 bits per heavy atom. The molecule has 2 rings (SSSR count). The molecule has 24 heavy (non-hydrogen) atoms. The highest BCUT2D eigenvalue weighted by Crippen LogP contribution is 2.38. The van der Waals surface area contributed by atoms with Crippen LogP contribution in [0.2, 0.25) is 5.02 Å². The van der Waals surface area contributed by atoms with E-state index < -0.39 is 28.0 Å². The lowest BCUT2D eigenvalue weighted by molar-refractivity contribution is -0.144. The van der Waals surface area contributed by atoms with E-state index in [1.165, 1.54) is 30.7 Å². The minimum absolute atomic E-state index is 0.0981. The van der Waals surface area contributed by atoms with Crippen LogP contribution >= 0.6 is 11.6 Å². The predicted molar refractivity (Wildman–Crippen MR) is 88.3 cm³/mol. The number of carbonyl (C=O) groups is 1. The van der Waals surface area contributed by atoms with Crippen LogP contribution in [0.25, 0.3) is 0 Å². The summed E-state index contributed by atoms with van der Waals surface area (Å²) in [5.41, 5.74) is 0. The Morgan fingerprint density at radius 2 is 1.92 bits per heavy atom. The van der Waals surface area contributed by atoms with Gasteiger partial charge in [-0.15, -0.1) is 0 Å². The van der Waals surface area contributed by atoms with Crippen LogP contribution in [0.5, 0.6) is 11.5 Å². The van der Waals surface area contributed by atoms with Crippen molar-refractivity contribution >= 4 is 27.6 Å². The van der Waals surface area contributed by atoms with E-state index in [9.17, 15) is 18.3 Å². The summed E-state index contributed by atoms with van der Waals surface area (Å²) in [5.74, 6) is -1.35. The van der Waals surface area contributed by atoms with Gasteiger partial charge in [0.25, 0.3) is 0 Å². The summed E-state index contributed by atoms with van der Waals surface area (Å²) in [6, 6.07) is 2.01. The number of carboxylic acids is 1. The SMILES string of the molecule is COc1cc(OC)c(S(=O)(=O)N2CCC[C@H](C(=O)O)[C@@H]2C)cc1Cl. The molecule has 0 amide bonds. The molecule has 0 spiro atoms. The first-order chi connectivity index (χ1) is 11.2. The van der Waals surface area contributed by atoms with Gasteiger partial charge in [0.15, 0.2) is 0 Å². The van der Waals surface area contributed by atoms with Crippen molar-refractivity contribution in [3.8, 4) is 11.5 Å². The van der Waals surface area contributed by atoms with Crippen LogP contribution in [-0.4, -0.2) is 50.6 Å². The molecule has 134 valence electrons. The molecule has 1 N–H and O–H groups in total. The normalized spacial score (nSPS) is 22.2. The number of methoxy groups -OCH3 is 2. The first kappa shape index (κ1) is 18.8. The smallest absolute Gasteiger partial charge is 0.308 e. The largest absolute Gasteiger partial charge is 0.495 e. The highest BCUT2D eigenvalue weighted by molar-refractivity contribution is 7.89. The Balaban J connectivity index is 2.50. The summed E-state index contributed by atoms with van der Waals surface area (Å²) in [5, 5.41) is 9.43. The Morgan fingerprint density at radius 1 is 1.29 bits per heavy atom. The van der Waals surface area contributed by atoms with Gasteiger partial charge in [0.2, 0.25) is 10.0 Å². The maximum atomic E-state index is 13.1. The second-order valence-electron chi connectivity index (χ2n) is 5.58. The second-order valence-corrected chi connectivity index (χ2v) is 7.85. The third kappa shape index (κ3) is 3.31. The lowest BCUT2D eigenvalue weighted by Crippen LogP contribution is -2.49. The van der Waals surface area contributed by atoms with Crippen molar-refractivity contribution in [2.24, 2.45) is 5.92 Å². The number of aliphatic carboxylic acids is 1. The summed E-state index contributed by atoms with van der Waals surface area (Å²) in [6.45, 7) is 1.85. The van der Waals surface area contributed by atoms with Crippen LogP contribution in [0.1, 0.15) is 19.8 Å². The average molecular weight is 378 g/mol. The number of halogens is 1. The van der Waals surface area contributed by atoms with E-state index in [1.807, 2.05) is 0 Å². The molecule has 1 fully saturated rings. The van der Waals surface area contributed by atoms with Crippen LogP contribution in [0, 0.1) is 5.92 Å². The molecular weight excluding hydrogens is 358 g/mol. The second kappa shape index (κ2) is 7.16. The zero-order valence-electron chi connectivity index (χ0n) is 13.7. The van der Waals surface area contributed by atoms with Gasteiger partial charge in [-0.05, 0) is 25.8 Å². The van der Waals surface area contributed by atoms with E-state index in [4.69, 9.17) is 21.1 Å². The summed E-state index contributed by atoms with van der Waals surface area (Å²) in [7, 11) is -1.20. The van der Waals surface area contributed by atoms with Crippen molar-refractivity contribution in [2.45, 2.75) is 30.7 Å². The zero-order valence-corrected chi connectivity index (χ0v) is 15.2. The van der Waals surface area contributed by atoms with Gasteiger partial charge in [-0.2, -0.15) is 4.31 Å². The number of piperidine rings is 1. The molecule has 1 aliphatic heterocycles. The summed E-state index contributed by atoms with van der Waals surface area (Å²) in [4.78, 5) is 11.2. The quantitative estimate of drug-likeness (QED) is 0.845. The predicted octanol–water partition coefficient (Wildman–Crippen LogP) is 2.23. The van der Waals surface area contributed by atoms with Crippen molar-refractivity contribution in [2.75, 3.05) is 20.8 Å². The Bertz CT molecular complexity index is 736. The molecule has 0 bridgehead atoms. The molecular formula is C15H20ClNO6S. The summed E-state index contributed by atoms with van der Waals surface area (Å²) in [6.07, 6.45) is 0.926. The van der Waals surface area contributed by atoms with Crippen LogP contribution in [0.4, 0.5) is 0 Å². The molecule has 1 saturated heterocycles. The van der Waals surface area contributed by atoms with Crippen molar-refractivity contribution in [1.29, 1.82) is 0 Å². The monoisotopic (exact) mass is 377 g/mol. The van der Waals surface area contributed by atoms with Gasteiger partial charge in [-0.25, -0.2) is 8.42 Å². The number of sulfonamides is 1. The molecule has 9 heteroatoms. The molecule has 2 atom stereocenters. The Kier molecular flexibility index (Phi) is 5.62. The van der Waals surface area contributed by atoms with E-state index in [-0.39, 0.29) is 22.2 Å². The van der Waals surface area contributed by atoms with E-state index in [2.05, 4.69) is 0 Å². The average Bonchev–Trinajstić information content (AvgIpc) is 2.54. The van der Waals surface area contributed by atoms with Crippen LogP contribution in [0.3, 0.4) is 0 Å². The third-order valence-corrected chi connectivity index (χ3v) is 6.57. The number of hydrogen-bond donors (Lipinski definition) is 1. The fourth-order valence-electron chi connectivity index (χ4n) is 2.94. The molecule has 1 heterocycles. The Hall–Kier alpha value is -1.51. The van der Waals surface area contributed by atoms with E-state index in [0.717, 1.165) is 0 Å². The highest BCUT2D eigenvalue weighted by Gasteiger charge is 2.40. The molecule has 0 aromatic heterocycles. The zero-order chi connectivity index (χ0) is 18.1. The topological polar surface area (TPSA) is 93.1 Å². The lowest BCUT2D eigenvalue weighted by Gasteiger charge is -2.36. The standard InChI is InChI=1S/C15H20ClNO6S/c1-9-10(15(18)19)5-4-6-17(9)24(20,21)14-7-11(16)12(22-2)8-13(14)23-3/h7-10H,4-6H2,1-3H3,(H,18,19)/t9-,10-/m0/s1. The third-order valence-electron chi connectivity index (χ3n) is 4.27. The molecule has 0 saturated carbocycles. The van der Waals surface area contributed by atoms with Gasteiger partial charge in [0.05, 0.1) is 25.2 Å². The molecule has 1 aromatic rings. The van der Waals surface area contributed by atoms with Crippen LogP contribution < -0.4 is 9.47 Å². The number of benzene rings is 1. The maximum absolute atomic E-state index is 13.1. The molecule has 1 aromatic carbocycles.